The molecule has 1 fully saturated rings. The van der Waals surface area contributed by atoms with Gasteiger partial charge in [0.1, 0.15) is 11.6 Å². The maximum absolute atomic E-state index is 12.3. The number of Topliss-reactive ketones (excluding diaryl/α,β-unsaturated/α-hetero) is 1. The number of carbonyl (C=O) groups is 1. The van der Waals surface area contributed by atoms with Gasteiger partial charge in [-0.2, -0.15) is 0 Å². The molecule has 0 saturated heterocycles. The van der Waals surface area contributed by atoms with Crippen LogP contribution >= 0.6 is 0 Å². The van der Waals surface area contributed by atoms with Crippen molar-refractivity contribution in [1.29, 1.82) is 0 Å². The Morgan fingerprint density at radius 3 is 2.65 bits per heavy atom. The number of nitrogens with zero attached hydrogens (tertiary/aromatic N) is 2. The Morgan fingerprint density at radius 2 is 2.05 bits per heavy atom. The minimum Gasteiger partial charge on any atom is -0.334 e. The fraction of sp³-hybridized carbons (Fsp3) is 0.692. The van der Waals surface area contributed by atoms with Crippen LogP contribution in [0.5, 0.6) is 0 Å². The fourth-order valence-corrected chi connectivity index (χ4v) is 3.73. The lowest BCUT2D eigenvalue weighted by molar-refractivity contribution is -0.120. The average molecular weight is 299 g/mol. The van der Waals surface area contributed by atoms with E-state index in [9.17, 15) is 13.2 Å². The highest BCUT2D eigenvalue weighted by Gasteiger charge is 2.26. The van der Waals surface area contributed by atoms with Gasteiger partial charge in [-0.1, -0.05) is 6.92 Å². The summed E-state index contributed by atoms with van der Waals surface area (Å²) in [6.07, 6.45) is 4.57. The second-order valence-electron chi connectivity index (χ2n) is 5.25. The van der Waals surface area contributed by atoms with Gasteiger partial charge in [0.2, 0.25) is 0 Å². The number of aryl methyl sites for hydroxylation is 2. The molecular formula is C13H21N3O3S. The van der Waals surface area contributed by atoms with Gasteiger partial charge < -0.3 is 4.57 Å². The van der Waals surface area contributed by atoms with Gasteiger partial charge in [0, 0.05) is 31.6 Å². The number of hydrogen-bond donors (Lipinski definition) is 1. The molecule has 0 unspecified atom stereocenters. The van der Waals surface area contributed by atoms with Crippen molar-refractivity contribution in [3.8, 4) is 0 Å². The second kappa shape index (κ2) is 6.05. The van der Waals surface area contributed by atoms with E-state index >= 15 is 0 Å². The van der Waals surface area contributed by atoms with Gasteiger partial charge in [0.15, 0.2) is 5.03 Å². The van der Waals surface area contributed by atoms with Crippen molar-refractivity contribution >= 4 is 15.8 Å². The molecule has 1 aromatic heterocycles. The van der Waals surface area contributed by atoms with Crippen LogP contribution in [0.4, 0.5) is 0 Å². The van der Waals surface area contributed by atoms with E-state index in [1.807, 2.05) is 11.5 Å². The number of imidazole rings is 1. The van der Waals surface area contributed by atoms with Crippen LogP contribution in [0.25, 0.3) is 0 Å². The summed E-state index contributed by atoms with van der Waals surface area (Å²) in [4.78, 5) is 15.3. The van der Waals surface area contributed by atoms with Crippen LogP contribution in [0.15, 0.2) is 11.2 Å². The molecule has 112 valence electrons. The van der Waals surface area contributed by atoms with Gasteiger partial charge in [-0.05, 0) is 26.2 Å². The molecule has 0 spiro atoms. The van der Waals surface area contributed by atoms with Gasteiger partial charge in [-0.25, -0.2) is 18.1 Å². The Kier molecular flexibility index (Phi) is 4.59. The number of rotatable bonds is 5. The minimum atomic E-state index is -3.59. The first kappa shape index (κ1) is 15.2. The standard InChI is InChI=1S/C13H21N3O3S/c1-3-8-16-9-13(14-10(16)2)20(18,19)15-11-4-6-12(17)7-5-11/h9,11,15H,3-8H2,1-2H3. The van der Waals surface area contributed by atoms with Crippen LogP contribution in [0.2, 0.25) is 0 Å². The molecule has 1 heterocycles. The summed E-state index contributed by atoms with van der Waals surface area (Å²) < 4.78 is 29.1. The van der Waals surface area contributed by atoms with Crippen molar-refractivity contribution < 1.29 is 13.2 Å². The highest BCUT2D eigenvalue weighted by atomic mass is 32.2. The molecule has 1 saturated carbocycles. The van der Waals surface area contributed by atoms with Crippen LogP contribution in [0, 0.1) is 6.92 Å². The smallest absolute Gasteiger partial charge is 0.259 e. The molecule has 6 nitrogen and oxygen atoms in total. The number of nitrogens with one attached hydrogen (secondary N) is 1. The lowest BCUT2D eigenvalue weighted by Crippen LogP contribution is -2.37. The summed E-state index contributed by atoms with van der Waals surface area (Å²) >= 11 is 0. The molecule has 7 heteroatoms. The average Bonchev–Trinajstić information content (AvgIpc) is 2.75. The zero-order valence-corrected chi connectivity index (χ0v) is 12.7. The SMILES string of the molecule is CCCn1cc(S(=O)(=O)NC2CCC(=O)CC2)nc1C. The van der Waals surface area contributed by atoms with E-state index in [0.29, 0.717) is 31.5 Å². The van der Waals surface area contributed by atoms with Gasteiger partial charge in [-0.15, -0.1) is 0 Å². The van der Waals surface area contributed by atoms with E-state index in [0.717, 1.165) is 13.0 Å². The highest BCUT2D eigenvalue weighted by molar-refractivity contribution is 7.89. The topological polar surface area (TPSA) is 81.1 Å². The normalized spacial score (nSPS) is 17.6. The van der Waals surface area contributed by atoms with Crippen molar-refractivity contribution in [2.75, 3.05) is 0 Å². The first-order valence-corrected chi connectivity index (χ1v) is 8.48. The molecule has 0 aromatic carbocycles. The van der Waals surface area contributed by atoms with Gasteiger partial charge >= 0.3 is 0 Å². The zero-order valence-electron chi connectivity index (χ0n) is 11.9. The van der Waals surface area contributed by atoms with Crippen LogP contribution in [0.1, 0.15) is 44.9 Å². The third-order valence-corrected chi connectivity index (χ3v) is 4.95. The Bertz CT molecular complexity index is 582. The number of carbonyl (C=O) groups excluding carboxylic acids is 1. The highest BCUT2D eigenvalue weighted by Crippen LogP contribution is 2.18. The van der Waals surface area contributed by atoms with Gasteiger partial charge in [0.25, 0.3) is 10.0 Å². The van der Waals surface area contributed by atoms with Crippen molar-refractivity contribution in [2.45, 2.75) is 63.6 Å². The first-order valence-electron chi connectivity index (χ1n) is 7.00. The van der Waals surface area contributed by atoms with Crippen molar-refractivity contribution in [3.05, 3.63) is 12.0 Å². The maximum Gasteiger partial charge on any atom is 0.259 e. The molecule has 0 bridgehead atoms. The van der Waals surface area contributed by atoms with E-state index < -0.39 is 10.0 Å². The monoisotopic (exact) mass is 299 g/mol. The summed E-state index contributed by atoms with van der Waals surface area (Å²) in [5.41, 5.74) is 0. The third kappa shape index (κ3) is 3.46. The molecule has 0 atom stereocenters. The maximum atomic E-state index is 12.3. The van der Waals surface area contributed by atoms with Crippen LogP contribution < -0.4 is 4.72 Å². The van der Waals surface area contributed by atoms with Gasteiger partial charge in [-0.3, -0.25) is 4.79 Å². The van der Waals surface area contributed by atoms with Gasteiger partial charge in [0.05, 0.1) is 0 Å². The Hall–Kier alpha value is -1.21. The van der Waals surface area contributed by atoms with Crippen molar-refractivity contribution in [1.82, 2.24) is 14.3 Å². The first-order chi connectivity index (χ1) is 9.42. The molecule has 1 aliphatic carbocycles. The summed E-state index contributed by atoms with van der Waals surface area (Å²) in [6.45, 7) is 4.59. The molecule has 1 aromatic rings. The van der Waals surface area contributed by atoms with Crippen molar-refractivity contribution in [2.24, 2.45) is 0 Å². The minimum absolute atomic E-state index is 0.0698. The molecule has 0 amide bonds. The van der Waals surface area contributed by atoms with E-state index in [1.54, 1.807) is 13.1 Å². The summed E-state index contributed by atoms with van der Waals surface area (Å²) in [7, 11) is -3.59. The lowest BCUT2D eigenvalue weighted by Gasteiger charge is -2.21. The van der Waals surface area contributed by atoms with E-state index in [1.165, 1.54) is 0 Å². The van der Waals surface area contributed by atoms with E-state index in [2.05, 4.69) is 9.71 Å². The molecule has 20 heavy (non-hydrogen) atoms. The predicted molar refractivity (Wildman–Crippen MR) is 74.8 cm³/mol. The summed E-state index contributed by atoms with van der Waals surface area (Å²) in [5, 5.41) is 0.0698. The quantitative estimate of drug-likeness (QED) is 0.891. The molecule has 1 aliphatic rings. The molecule has 0 radical (unpaired) electrons. The largest absolute Gasteiger partial charge is 0.334 e. The second-order valence-corrected chi connectivity index (χ2v) is 6.91. The number of ketones is 1. The molecular weight excluding hydrogens is 278 g/mol. The summed E-state index contributed by atoms with van der Waals surface area (Å²) in [6, 6.07) is -0.158. The number of hydrogen-bond acceptors (Lipinski definition) is 4. The number of sulfonamides is 1. The van der Waals surface area contributed by atoms with Crippen LogP contribution in [0.3, 0.4) is 0 Å². The van der Waals surface area contributed by atoms with E-state index in [4.69, 9.17) is 0 Å². The van der Waals surface area contributed by atoms with Crippen LogP contribution in [-0.4, -0.2) is 29.8 Å². The molecule has 1 N–H and O–H groups in total. The lowest BCUT2D eigenvalue weighted by atomic mass is 9.95. The summed E-state index contributed by atoms with van der Waals surface area (Å²) in [5.74, 6) is 0.912. The third-order valence-electron chi connectivity index (χ3n) is 3.56. The number of aromatic nitrogens is 2. The molecule has 2 rings (SSSR count). The Labute approximate surface area is 119 Å². The fourth-order valence-electron chi connectivity index (χ4n) is 2.41. The van der Waals surface area contributed by atoms with Crippen LogP contribution in [-0.2, 0) is 21.4 Å². The van der Waals surface area contributed by atoms with E-state index in [-0.39, 0.29) is 16.9 Å². The Morgan fingerprint density at radius 1 is 1.40 bits per heavy atom. The Balaban J connectivity index is 2.10. The molecule has 0 aliphatic heterocycles. The predicted octanol–water partition coefficient (Wildman–Crippen LogP) is 1.39. The van der Waals surface area contributed by atoms with Crippen molar-refractivity contribution in [3.63, 3.8) is 0 Å². The zero-order chi connectivity index (χ0) is 14.8.